The van der Waals surface area contributed by atoms with Crippen molar-refractivity contribution in [3.8, 4) is 0 Å². The van der Waals surface area contributed by atoms with Crippen molar-refractivity contribution in [2.45, 2.75) is 19.9 Å². The first-order chi connectivity index (χ1) is 11.7. The zero-order valence-electron chi connectivity index (χ0n) is 13.5. The molecule has 0 aromatic heterocycles. The van der Waals surface area contributed by atoms with Crippen molar-refractivity contribution >= 4 is 88.2 Å². The maximum atomic E-state index is 5.94. The third-order valence-electron chi connectivity index (χ3n) is 3.64. The Bertz CT molecular complexity index is 659. The summed E-state index contributed by atoms with van der Waals surface area (Å²) in [4.78, 5) is 6.06. The number of rotatable bonds is 3. The molecule has 1 atom stereocenters. The molecule has 4 heterocycles. The van der Waals surface area contributed by atoms with E-state index in [1.807, 2.05) is 82.3 Å². The topological polar surface area (TPSA) is 21.6 Å². The van der Waals surface area contributed by atoms with Crippen molar-refractivity contribution in [3.63, 3.8) is 0 Å². The van der Waals surface area contributed by atoms with Crippen LogP contribution < -0.4 is 0 Å². The van der Waals surface area contributed by atoms with Crippen molar-refractivity contribution in [1.29, 1.82) is 0 Å². The van der Waals surface area contributed by atoms with Crippen LogP contribution in [0.5, 0.6) is 0 Å². The van der Waals surface area contributed by atoms with Gasteiger partial charge >= 0.3 is 0 Å². The van der Waals surface area contributed by atoms with Gasteiger partial charge in [0.25, 0.3) is 0 Å². The van der Waals surface area contributed by atoms with E-state index in [0.717, 1.165) is 12.5 Å². The lowest BCUT2D eigenvalue weighted by atomic mass is 10.1. The molecular weight excluding hydrogens is 435 g/mol. The zero-order valence-corrected chi connectivity index (χ0v) is 19.2. The largest absolute Gasteiger partial charge is 0.475 e. The van der Waals surface area contributed by atoms with E-state index in [2.05, 4.69) is 20.1 Å². The van der Waals surface area contributed by atoms with E-state index in [9.17, 15) is 0 Å². The van der Waals surface area contributed by atoms with Crippen LogP contribution in [0.3, 0.4) is 0 Å². The highest BCUT2D eigenvalue weighted by molar-refractivity contribution is 8.43. The Kier molecular flexibility index (Phi) is 6.18. The second-order valence-electron chi connectivity index (χ2n) is 5.63. The SMILES string of the molecule is CSC1=C(C2=N[C@@H](C(C)C)CO2)SC(=C2SC3=C(SCCS3)S2)S1. The molecule has 0 saturated carbocycles. The monoisotopic (exact) mass is 451 g/mol. The van der Waals surface area contributed by atoms with Gasteiger partial charge in [0.1, 0.15) is 6.61 Å². The lowest BCUT2D eigenvalue weighted by molar-refractivity contribution is 0.292. The van der Waals surface area contributed by atoms with E-state index < -0.39 is 0 Å². The van der Waals surface area contributed by atoms with Crippen LogP contribution in [0, 0.1) is 5.92 Å². The minimum Gasteiger partial charge on any atom is -0.475 e. The summed E-state index contributed by atoms with van der Waals surface area (Å²) >= 11 is 13.5. The zero-order chi connectivity index (χ0) is 16.7. The first kappa shape index (κ1) is 18.5. The summed E-state index contributed by atoms with van der Waals surface area (Å²) in [6.07, 6.45) is 2.15. The van der Waals surface area contributed by atoms with Crippen molar-refractivity contribution in [2.24, 2.45) is 10.9 Å². The smallest absolute Gasteiger partial charge is 0.225 e. The second kappa shape index (κ2) is 8.02. The van der Waals surface area contributed by atoms with Crippen molar-refractivity contribution < 1.29 is 4.74 Å². The van der Waals surface area contributed by atoms with Gasteiger partial charge in [-0.3, -0.25) is 0 Å². The molecule has 0 bridgehead atoms. The first-order valence-electron chi connectivity index (χ1n) is 7.60. The summed E-state index contributed by atoms with van der Waals surface area (Å²) < 4.78 is 13.1. The van der Waals surface area contributed by atoms with Gasteiger partial charge in [-0.25, -0.2) is 4.99 Å². The van der Waals surface area contributed by atoms with Gasteiger partial charge in [-0.2, -0.15) is 0 Å². The van der Waals surface area contributed by atoms with E-state index in [4.69, 9.17) is 9.73 Å². The second-order valence-corrected chi connectivity index (χ2v) is 14.0. The molecule has 2 nitrogen and oxygen atoms in total. The minimum absolute atomic E-state index is 0.301. The molecule has 4 rings (SSSR count). The molecular formula is C15H17NOS7. The molecule has 0 fully saturated rings. The average Bonchev–Trinajstić information content (AvgIpc) is 3.30. The number of nitrogens with zero attached hydrogens (tertiary/aromatic N) is 1. The number of ether oxygens (including phenoxy) is 1. The van der Waals surface area contributed by atoms with Crippen molar-refractivity contribution in [3.05, 3.63) is 26.1 Å². The molecule has 0 unspecified atom stereocenters. The van der Waals surface area contributed by atoms with Crippen LogP contribution in [0.1, 0.15) is 13.8 Å². The molecule has 0 aromatic rings. The summed E-state index contributed by atoms with van der Waals surface area (Å²) in [6.45, 7) is 5.15. The summed E-state index contributed by atoms with van der Waals surface area (Å²) in [5.74, 6) is 3.87. The molecule has 24 heavy (non-hydrogen) atoms. The minimum atomic E-state index is 0.301. The number of aliphatic imine (C=N–C) groups is 1. The van der Waals surface area contributed by atoms with Crippen LogP contribution in [0.15, 0.2) is 31.1 Å². The molecule has 0 aliphatic carbocycles. The summed E-state index contributed by atoms with van der Waals surface area (Å²) in [7, 11) is 0. The van der Waals surface area contributed by atoms with Crippen LogP contribution in [-0.2, 0) is 4.74 Å². The molecule has 9 heteroatoms. The Labute approximate surface area is 173 Å². The third-order valence-corrected chi connectivity index (χ3v) is 13.8. The Morgan fingerprint density at radius 3 is 2.25 bits per heavy atom. The van der Waals surface area contributed by atoms with E-state index in [0.29, 0.717) is 12.0 Å². The standard InChI is InChI=1S/C15H17NOS7/c1-7(2)8-6-17-10(16-8)9-11(18-3)22-14(21-9)15-23-12-13(24-15)20-5-4-19-12/h7-8H,4-6H2,1-3H3/t8-/m1/s1. The maximum absolute atomic E-state index is 5.94. The lowest BCUT2D eigenvalue weighted by Gasteiger charge is -2.08. The highest BCUT2D eigenvalue weighted by atomic mass is 32.3. The first-order valence-corrected chi connectivity index (χ1v) is 14.1. The van der Waals surface area contributed by atoms with Gasteiger partial charge in [-0.15, -0.1) is 35.3 Å². The maximum Gasteiger partial charge on any atom is 0.225 e. The van der Waals surface area contributed by atoms with Gasteiger partial charge < -0.3 is 4.74 Å². The molecule has 4 aliphatic rings. The van der Waals surface area contributed by atoms with Gasteiger partial charge in [0.2, 0.25) is 5.90 Å². The fourth-order valence-electron chi connectivity index (χ4n) is 2.29. The third kappa shape index (κ3) is 3.73. The van der Waals surface area contributed by atoms with Gasteiger partial charge in [0, 0.05) is 11.5 Å². The predicted molar refractivity (Wildman–Crippen MR) is 122 cm³/mol. The Morgan fingerprint density at radius 1 is 1.00 bits per heavy atom. The molecule has 4 aliphatic heterocycles. The van der Waals surface area contributed by atoms with Gasteiger partial charge in [0.15, 0.2) is 0 Å². The van der Waals surface area contributed by atoms with E-state index in [1.54, 1.807) is 0 Å². The van der Waals surface area contributed by atoms with Crippen LogP contribution in [-0.4, -0.2) is 36.3 Å². The fraction of sp³-hybridized carbons (Fsp3) is 0.533. The number of thioether (sulfide) groups is 7. The predicted octanol–water partition coefficient (Wildman–Crippen LogP) is 6.67. The lowest BCUT2D eigenvalue weighted by Crippen LogP contribution is -2.13. The van der Waals surface area contributed by atoms with E-state index in [-0.39, 0.29) is 0 Å². The molecule has 0 aromatic carbocycles. The van der Waals surface area contributed by atoms with Crippen molar-refractivity contribution in [2.75, 3.05) is 24.4 Å². The van der Waals surface area contributed by atoms with Gasteiger partial charge in [0.05, 0.1) is 32.1 Å². The molecule has 0 saturated heterocycles. The highest BCUT2D eigenvalue weighted by Crippen LogP contribution is 2.65. The number of hydrogen-bond acceptors (Lipinski definition) is 9. The summed E-state index contributed by atoms with van der Waals surface area (Å²) in [6, 6.07) is 0.301. The van der Waals surface area contributed by atoms with Gasteiger partial charge in [-0.05, 0) is 12.2 Å². The molecule has 130 valence electrons. The van der Waals surface area contributed by atoms with Gasteiger partial charge in [-0.1, -0.05) is 60.9 Å². The Morgan fingerprint density at radius 2 is 1.67 bits per heavy atom. The molecule has 0 N–H and O–H groups in total. The Hall–Kier alpha value is 1.14. The van der Waals surface area contributed by atoms with E-state index in [1.165, 1.54) is 37.6 Å². The molecule has 0 amide bonds. The highest BCUT2D eigenvalue weighted by Gasteiger charge is 2.35. The summed E-state index contributed by atoms with van der Waals surface area (Å²) in [5, 5.41) is 0. The normalized spacial score (nSPS) is 27.3. The van der Waals surface area contributed by atoms with Crippen LogP contribution in [0.4, 0.5) is 0 Å². The average molecular weight is 452 g/mol. The van der Waals surface area contributed by atoms with Crippen LogP contribution in [0.25, 0.3) is 0 Å². The molecule has 0 spiro atoms. The fourth-order valence-corrected chi connectivity index (χ4v) is 12.2. The Balaban J connectivity index is 1.53. The quantitative estimate of drug-likeness (QED) is 0.468. The van der Waals surface area contributed by atoms with E-state index >= 15 is 0 Å². The van der Waals surface area contributed by atoms with Crippen LogP contribution >= 0.6 is 82.3 Å². The summed E-state index contributed by atoms with van der Waals surface area (Å²) in [5.41, 5.74) is 0. The molecule has 0 radical (unpaired) electrons. The number of hydrogen-bond donors (Lipinski definition) is 0. The van der Waals surface area contributed by atoms with Crippen LogP contribution in [0.2, 0.25) is 0 Å². The van der Waals surface area contributed by atoms with Crippen molar-refractivity contribution in [1.82, 2.24) is 0 Å².